The van der Waals surface area contributed by atoms with E-state index in [1.54, 1.807) is 18.3 Å². The summed E-state index contributed by atoms with van der Waals surface area (Å²) in [5, 5.41) is 6.23. The van der Waals surface area contributed by atoms with Gasteiger partial charge in [0.1, 0.15) is 15.7 Å². The lowest BCUT2D eigenvalue weighted by Crippen LogP contribution is -2.41. The van der Waals surface area contributed by atoms with E-state index >= 15 is 0 Å². The zero-order valence-corrected chi connectivity index (χ0v) is 15.6. The maximum Gasteiger partial charge on any atom is 0.321 e. The number of aromatic nitrogens is 2. The molecule has 2 aromatic rings. The van der Waals surface area contributed by atoms with Crippen molar-refractivity contribution in [3.63, 3.8) is 0 Å². The number of rotatable bonds is 3. The van der Waals surface area contributed by atoms with Crippen molar-refractivity contribution in [2.45, 2.75) is 49.8 Å². The van der Waals surface area contributed by atoms with Crippen molar-refractivity contribution in [2.24, 2.45) is 0 Å². The molecule has 0 fully saturated rings. The van der Waals surface area contributed by atoms with Crippen LogP contribution in [0.25, 0.3) is 10.2 Å². The Bertz CT molecular complexity index is 803. The van der Waals surface area contributed by atoms with Gasteiger partial charge in [-0.15, -0.1) is 11.3 Å². The molecule has 1 aliphatic carbocycles. The summed E-state index contributed by atoms with van der Waals surface area (Å²) in [7, 11) is 1.48. The van der Waals surface area contributed by atoms with E-state index in [0.717, 1.165) is 28.1 Å². The van der Waals surface area contributed by atoms with Gasteiger partial charge in [-0.1, -0.05) is 11.8 Å². The number of nitrogens with zero attached hydrogens (tertiary/aromatic N) is 2. The average molecular weight is 364 g/mol. The Kier molecular flexibility index (Phi) is 5.05. The Labute approximate surface area is 148 Å². The number of fused-ring (bicyclic) bond motifs is 3. The van der Waals surface area contributed by atoms with Crippen molar-refractivity contribution in [1.29, 1.82) is 0 Å². The molecule has 3 amide bonds. The van der Waals surface area contributed by atoms with Gasteiger partial charge in [0.25, 0.3) is 0 Å². The minimum absolute atomic E-state index is 0.326. The molecule has 0 saturated carbocycles. The van der Waals surface area contributed by atoms with Crippen molar-refractivity contribution < 1.29 is 9.59 Å². The zero-order valence-electron chi connectivity index (χ0n) is 13.9. The highest BCUT2D eigenvalue weighted by Gasteiger charge is 2.24. The van der Waals surface area contributed by atoms with Crippen LogP contribution in [-0.4, -0.2) is 34.2 Å². The Morgan fingerprint density at radius 2 is 2.00 bits per heavy atom. The van der Waals surface area contributed by atoms with Crippen LogP contribution in [0.3, 0.4) is 0 Å². The van der Waals surface area contributed by atoms with Crippen molar-refractivity contribution in [3.05, 3.63) is 16.3 Å². The van der Waals surface area contributed by atoms with Crippen LogP contribution in [0.2, 0.25) is 0 Å². The third-order valence-corrected chi connectivity index (χ3v) is 6.29. The number of urea groups is 1. The fourth-order valence-electron chi connectivity index (χ4n) is 2.81. The largest absolute Gasteiger partial charge is 0.341 e. The van der Waals surface area contributed by atoms with Crippen LogP contribution in [-0.2, 0) is 17.6 Å². The predicted molar refractivity (Wildman–Crippen MR) is 96.7 cm³/mol. The number of carbonyl (C=O) groups excluding carboxylic acids is 2. The number of nitrogens with one attached hydrogen (secondary N) is 2. The lowest BCUT2D eigenvalue weighted by molar-refractivity contribution is -0.119. The van der Waals surface area contributed by atoms with E-state index in [9.17, 15) is 9.59 Å². The van der Waals surface area contributed by atoms with Gasteiger partial charge < -0.3 is 5.32 Å². The van der Waals surface area contributed by atoms with Gasteiger partial charge in [0.05, 0.1) is 5.25 Å². The number of imide groups is 1. The second kappa shape index (κ2) is 7.06. The standard InChI is InChI=1S/C16H20N4O2S2/c1-8(13(21)20-16(22)17-3)23-14-12-10-6-4-5-7-11(10)24-15(12)19-9(2)18-14/h8H,4-7H2,1-3H3,(H2,17,20,21,22). The Hall–Kier alpha value is -1.67. The van der Waals surface area contributed by atoms with Gasteiger partial charge in [-0.2, -0.15) is 0 Å². The van der Waals surface area contributed by atoms with Gasteiger partial charge in [-0.3, -0.25) is 10.1 Å². The molecule has 0 aromatic carbocycles. The molecule has 3 rings (SSSR count). The first-order valence-electron chi connectivity index (χ1n) is 7.97. The number of thiophene rings is 1. The number of hydrogen-bond donors (Lipinski definition) is 2. The zero-order chi connectivity index (χ0) is 17.3. The summed E-state index contributed by atoms with van der Waals surface area (Å²) in [5.74, 6) is 0.385. The molecular formula is C16H20N4O2S2. The van der Waals surface area contributed by atoms with Crippen LogP contribution in [0.4, 0.5) is 4.79 Å². The van der Waals surface area contributed by atoms with Crippen molar-refractivity contribution in [2.75, 3.05) is 7.05 Å². The summed E-state index contributed by atoms with van der Waals surface area (Å²) in [6, 6.07) is -0.496. The summed E-state index contributed by atoms with van der Waals surface area (Å²) >= 11 is 3.14. The minimum Gasteiger partial charge on any atom is -0.341 e. The lowest BCUT2D eigenvalue weighted by Gasteiger charge is -2.14. The van der Waals surface area contributed by atoms with E-state index in [2.05, 4.69) is 20.6 Å². The summed E-state index contributed by atoms with van der Waals surface area (Å²) in [6.07, 6.45) is 4.56. The minimum atomic E-state index is -0.496. The molecule has 128 valence electrons. The number of aryl methyl sites for hydroxylation is 3. The highest BCUT2D eigenvalue weighted by Crippen LogP contribution is 2.40. The van der Waals surface area contributed by atoms with Gasteiger partial charge in [0, 0.05) is 17.3 Å². The molecule has 1 atom stereocenters. The van der Waals surface area contributed by atoms with Gasteiger partial charge in [0.15, 0.2) is 0 Å². The van der Waals surface area contributed by atoms with Crippen LogP contribution in [0.1, 0.15) is 36.0 Å². The summed E-state index contributed by atoms with van der Waals surface area (Å²) in [4.78, 5) is 35.0. The van der Waals surface area contributed by atoms with Gasteiger partial charge >= 0.3 is 6.03 Å². The molecule has 0 spiro atoms. The quantitative estimate of drug-likeness (QED) is 0.646. The number of thioether (sulfide) groups is 1. The van der Waals surface area contributed by atoms with E-state index in [-0.39, 0.29) is 5.91 Å². The first kappa shape index (κ1) is 17.2. The Morgan fingerprint density at radius 3 is 2.75 bits per heavy atom. The van der Waals surface area contributed by atoms with Gasteiger partial charge in [0.2, 0.25) is 5.91 Å². The average Bonchev–Trinajstić information content (AvgIpc) is 2.92. The Morgan fingerprint density at radius 1 is 1.25 bits per heavy atom. The third-order valence-electron chi connectivity index (χ3n) is 4.01. The molecule has 0 radical (unpaired) electrons. The monoisotopic (exact) mass is 364 g/mol. The maximum atomic E-state index is 12.1. The fraction of sp³-hybridized carbons (Fsp3) is 0.500. The first-order chi connectivity index (χ1) is 11.5. The second-order valence-electron chi connectivity index (χ2n) is 5.80. The highest BCUT2D eigenvalue weighted by molar-refractivity contribution is 8.00. The molecule has 1 unspecified atom stereocenters. The molecule has 2 aromatic heterocycles. The molecule has 0 saturated heterocycles. The molecule has 24 heavy (non-hydrogen) atoms. The van der Waals surface area contributed by atoms with E-state index in [1.165, 1.54) is 42.1 Å². The summed E-state index contributed by atoms with van der Waals surface area (Å²) in [5.41, 5.74) is 1.35. The number of carbonyl (C=O) groups is 2. The normalized spacial score (nSPS) is 15.0. The van der Waals surface area contributed by atoms with Crippen molar-refractivity contribution in [3.8, 4) is 0 Å². The van der Waals surface area contributed by atoms with E-state index in [0.29, 0.717) is 5.82 Å². The Balaban J connectivity index is 1.92. The summed E-state index contributed by atoms with van der Waals surface area (Å²) in [6.45, 7) is 3.66. The molecule has 8 heteroatoms. The predicted octanol–water partition coefficient (Wildman–Crippen LogP) is 2.81. The van der Waals surface area contributed by atoms with Crippen LogP contribution in [0, 0.1) is 6.92 Å². The van der Waals surface area contributed by atoms with Crippen molar-refractivity contribution >= 4 is 45.3 Å². The summed E-state index contributed by atoms with van der Waals surface area (Å²) < 4.78 is 0. The number of amides is 3. The molecular weight excluding hydrogens is 344 g/mol. The van der Waals surface area contributed by atoms with Crippen LogP contribution in [0.5, 0.6) is 0 Å². The molecule has 1 aliphatic rings. The van der Waals surface area contributed by atoms with Crippen LogP contribution < -0.4 is 10.6 Å². The molecule has 6 nitrogen and oxygen atoms in total. The first-order valence-corrected chi connectivity index (χ1v) is 9.67. The van der Waals surface area contributed by atoms with E-state index in [1.807, 2.05) is 6.92 Å². The van der Waals surface area contributed by atoms with E-state index < -0.39 is 11.3 Å². The molecule has 0 aliphatic heterocycles. The molecule has 0 bridgehead atoms. The van der Waals surface area contributed by atoms with Gasteiger partial charge in [-0.05, 0) is 45.1 Å². The lowest BCUT2D eigenvalue weighted by atomic mass is 9.97. The molecule has 2 heterocycles. The molecule has 2 N–H and O–H groups in total. The maximum absolute atomic E-state index is 12.1. The van der Waals surface area contributed by atoms with Gasteiger partial charge in [-0.25, -0.2) is 14.8 Å². The van der Waals surface area contributed by atoms with Crippen LogP contribution >= 0.6 is 23.1 Å². The topological polar surface area (TPSA) is 84.0 Å². The van der Waals surface area contributed by atoms with Crippen LogP contribution in [0.15, 0.2) is 5.03 Å². The SMILES string of the molecule is CNC(=O)NC(=O)C(C)Sc1nc(C)nc2sc3c(c12)CCCC3. The van der Waals surface area contributed by atoms with E-state index in [4.69, 9.17) is 0 Å². The third kappa shape index (κ3) is 3.39. The number of hydrogen-bond acceptors (Lipinski definition) is 6. The fourth-order valence-corrected chi connectivity index (χ4v) is 5.20. The highest BCUT2D eigenvalue weighted by atomic mass is 32.2. The smallest absolute Gasteiger partial charge is 0.321 e. The van der Waals surface area contributed by atoms with Crippen molar-refractivity contribution in [1.82, 2.24) is 20.6 Å². The second-order valence-corrected chi connectivity index (χ2v) is 8.21.